The second kappa shape index (κ2) is 18.4. The minimum absolute atomic E-state index is 0.00552. The summed E-state index contributed by atoms with van der Waals surface area (Å²) in [4.78, 5) is 27.5. The Morgan fingerprint density at radius 3 is 1.00 bits per heavy atom. The number of Topliss-reactive ketones (excluding diaryl/α,β-unsaturated/α-hetero) is 2. The predicted octanol–water partition coefficient (Wildman–Crippen LogP) is 7.68. The third kappa shape index (κ3) is 7.84. The molecule has 0 fully saturated rings. The lowest BCUT2D eigenvalue weighted by molar-refractivity contribution is -0.683. The molecule has 1 heterocycles. The number of carbonyl (C=O) groups excluding carboxylic acids is 2. The van der Waals surface area contributed by atoms with Crippen LogP contribution in [0.1, 0.15) is 20.8 Å². The van der Waals surface area contributed by atoms with Gasteiger partial charge in [0.2, 0.25) is 12.3 Å². The summed E-state index contributed by atoms with van der Waals surface area (Å²) in [6.07, 6.45) is -2.43. The van der Waals surface area contributed by atoms with Gasteiger partial charge in [-0.2, -0.15) is 4.57 Å². The van der Waals surface area contributed by atoms with Gasteiger partial charge in [-0.1, -0.05) is 46.3 Å². The number of carbonyl (C=O) groups is 2. The molecule has 0 saturated heterocycles. The molecule has 0 amide bonds. The van der Waals surface area contributed by atoms with Gasteiger partial charge in [0.25, 0.3) is 0 Å². The van der Waals surface area contributed by atoms with Crippen LogP contribution in [-0.4, -0.2) is 28.0 Å². The standard InChI is InChI=1S/C24BF20.C14H12BrN2O2/c26-5-1(6(27)14(35)21(42)13(5)34)25(2-7(28)15(36)22(43)16(37)8(2)29,3-9(30)17(38)23(44)18(39)10(3)31)4-11(32)19(40)24(45)20(41)12(4)33;15-8-13(18)12-9-17(7-6-16-12)10-14(19)11-4-2-1-3-5-11/h;1-7,9H,8,10H2/q-1;+1. The minimum Gasteiger partial charge on any atom is -0.291 e. The molecule has 0 aliphatic carbocycles. The summed E-state index contributed by atoms with van der Waals surface area (Å²) in [7, 11) is 0. The number of rotatable bonds is 9. The monoisotopic (exact) mass is 998 g/mol. The topological polar surface area (TPSA) is 50.9 Å². The summed E-state index contributed by atoms with van der Waals surface area (Å²) >= 11 is 3.10. The van der Waals surface area contributed by atoms with Crippen molar-refractivity contribution in [2.75, 3.05) is 5.33 Å². The van der Waals surface area contributed by atoms with E-state index in [0.29, 0.717) is 11.3 Å². The van der Waals surface area contributed by atoms with E-state index in [2.05, 4.69) is 20.9 Å². The first kappa shape index (κ1) is 48.7. The predicted molar refractivity (Wildman–Crippen MR) is 183 cm³/mol. The van der Waals surface area contributed by atoms with E-state index in [1.807, 2.05) is 18.2 Å². The lowest BCUT2D eigenvalue weighted by Crippen LogP contribution is -2.81. The normalized spacial score (nSPS) is 11.5. The summed E-state index contributed by atoms with van der Waals surface area (Å²) < 4.78 is 296. The van der Waals surface area contributed by atoms with Gasteiger partial charge in [0.15, 0.2) is 93.7 Å². The van der Waals surface area contributed by atoms with Gasteiger partial charge in [0.1, 0.15) is 52.7 Å². The highest BCUT2D eigenvalue weighted by atomic mass is 79.9. The van der Waals surface area contributed by atoms with E-state index in [1.54, 1.807) is 29.1 Å². The summed E-state index contributed by atoms with van der Waals surface area (Å²) in [6, 6.07) is 9.06. The third-order valence-electron chi connectivity index (χ3n) is 9.30. The van der Waals surface area contributed by atoms with Crippen LogP contribution in [-0.2, 0) is 6.54 Å². The van der Waals surface area contributed by atoms with Crippen LogP contribution < -0.4 is 26.4 Å². The largest absolute Gasteiger partial charge is 0.291 e. The molecule has 5 aromatic carbocycles. The smallest absolute Gasteiger partial charge is 0.227 e. The molecular weight excluding hydrogens is 987 g/mol. The van der Waals surface area contributed by atoms with E-state index in [4.69, 9.17) is 0 Å². The van der Waals surface area contributed by atoms with Crippen LogP contribution in [0.3, 0.4) is 0 Å². The van der Waals surface area contributed by atoms with Gasteiger partial charge in [0, 0.05) is 5.56 Å². The van der Waals surface area contributed by atoms with Crippen molar-refractivity contribution in [1.29, 1.82) is 0 Å². The van der Waals surface area contributed by atoms with Crippen molar-refractivity contribution in [3.63, 3.8) is 0 Å². The van der Waals surface area contributed by atoms with Gasteiger partial charge >= 0.3 is 0 Å². The molecule has 0 saturated carbocycles. The first-order valence-corrected chi connectivity index (χ1v) is 17.8. The summed E-state index contributed by atoms with van der Waals surface area (Å²) in [5.41, 5.74) is -13.3. The highest BCUT2D eigenvalue weighted by molar-refractivity contribution is 9.09. The molecule has 0 atom stereocenters. The number of halogens is 21. The van der Waals surface area contributed by atoms with E-state index >= 15 is 35.1 Å². The second-order valence-electron chi connectivity index (χ2n) is 12.8. The van der Waals surface area contributed by atoms with E-state index < -0.39 is 144 Å². The summed E-state index contributed by atoms with van der Waals surface area (Å²) in [5, 5.41) is 0.219. The number of aromatic nitrogens is 2. The van der Waals surface area contributed by atoms with Gasteiger partial charge in [-0.3, -0.25) is 9.59 Å². The third-order valence-corrected chi connectivity index (χ3v) is 9.81. The fourth-order valence-electron chi connectivity index (χ4n) is 6.50. The molecule has 0 aliphatic heterocycles. The molecule has 0 N–H and O–H groups in total. The van der Waals surface area contributed by atoms with Crippen LogP contribution in [0.4, 0.5) is 87.8 Å². The Kier molecular flexibility index (Phi) is 14.0. The van der Waals surface area contributed by atoms with Crippen molar-refractivity contribution in [3.8, 4) is 0 Å². The van der Waals surface area contributed by atoms with Gasteiger partial charge in [-0.05, 0) is 0 Å². The van der Waals surface area contributed by atoms with Crippen molar-refractivity contribution in [3.05, 3.63) is 177 Å². The van der Waals surface area contributed by atoms with Crippen LogP contribution in [0.25, 0.3) is 0 Å². The van der Waals surface area contributed by atoms with E-state index in [0.717, 1.165) is 0 Å². The van der Waals surface area contributed by atoms with E-state index in [-0.39, 0.29) is 23.4 Å². The average molecular weight is 999 g/mol. The highest BCUT2D eigenvalue weighted by Crippen LogP contribution is 2.30. The van der Waals surface area contributed by atoms with E-state index in [1.165, 1.54) is 6.20 Å². The zero-order valence-corrected chi connectivity index (χ0v) is 31.8. The zero-order chi connectivity index (χ0) is 48.0. The SMILES string of the molecule is Fc1c(F)c(F)c([B-](c2c(F)c(F)c(F)c(F)c2F)(c2c(F)c(F)c(F)c(F)c2F)c2c(F)c(F)c(F)c(F)c2F)c(F)c1F.O=C(C[n+]1ccnc(C(=O)CBr)c1)c1ccccc1. The van der Waals surface area contributed by atoms with E-state index in [9.17, 15) is 62.3 Å². The molecule has 0 spiro atoms. The zero-order valence-electron chi connectivity index (χ0n) is 30.3. The average Bonchev–Trinajstić information content (AvgIpc) is 3.29. The number of alkyl halides is 1. The lowest BCUT2D eigenvalue weighted by atomic mass is 9.12. The van der Waals surface area contributed by atoms with Crippen LogP contribution in [0.15, 0.2) is 48.9 Å². The summed E-state index contributed by atoms with van der Waals surface area (Å²) in [6.45, 7) is 0.190. The highest BCUT2D eigenvalue weighted by Gasteiger charge is 2.52. The molecule has 0 unspecified atom stereocenters. The van der Waals surface area contributed by atoms with Gasteiger partial charge < -0.3 is 0 Å². The Balaban J connectivity index is 0.000000337. The van der Waals surface area contributed by atoms with Crippen LogP contribution in [0, 0.1) is 116 Å². The van der Waals surface area contributed by atoms with Gasteiger partial charge in [-0.15, -0.1) is 21.9 Å². The maximum Gasteiger partial charge on any atom is 0.227 e. The number of ketones is 2. The first-order valence-electron chi connectivity index (χ1n) is 16.7. The lowest BCUT2D eigenvalue weighted by Gasteiger charge is -2.44. The number of benzene rings is 5. The van der Waals surface area contributed by atoms with Gasteiger partial charge in [-0.25, -0.2) is 92.8 Å². The Bertz CT molecular complexity index is 2520. The number of nitrogens with zero attached hydrogens (tertiary/aromatic N) is 2. The van der Waals surface area contributed by atoms with Crippen molar-refractivity contribution >= 4 is 55.5 Å². The van der Waals surface area contributed by atoms with Crippen molar-refractivity contribution in [1.82, 2.24) is 4.98 Å². The van der Waals surface area contributed by atoms with Crippen molar-refractivity contribution in [2.45, 2.75) is 6.54 Å². The molecule has 0 radical (unpaired) electrons. The van der Waals surface area contributed by atoms with Crippen LogP contribution in [0.5, 0.6) is 0 Å². The van der Waals surface area contributed by atoms with Gasteiger partial charge in [0.05, 0.1) is 11.5 Å². The molecule has 6 rings (SSSR count). The molecule has 336 valence electrons. The number of hydrogen-bond donors (Lipinski definition) is 0. The summed E-state index contributed by atoms with van der Waals surface area (Å²) in [5.74, 6) is -71.5. The molecule has 0 bridgehead atoms. The molecule has 0 aliphatic rings. The second-order valence-corrected chi connectivity index (χ2v) is 13.3. The molecule has 4 nitrogen and oxygen atoms in total. The van der Waals surface area contributed by atoms with Crippen molar-refractivity contribution in [2.24, 2.45) is 0 Å². The fourth-order valence-corrected chi connectivity index (χ4v) is 6.79. The van der Waals surface area contributed by atoms with Crippen molar-refractivity contribution < 1.29 is 102 Å². The Hall–Kier alpha value is -6.34. The molecule has 64 heavy (non-hydrogen) atoms. The number of hydrogen-bond acceptors (Lipinski definition) is 3. The van der Waals surface area contributed by atoms with Crippen LogP contribution in [0.2, 0.25) is 0 Å². The Labute approximate surface area is 350 Å². The first-order chi connectivity index (χ1) is 29.9. The maximum absolute atomic E-state index is 15.4. The Morgan fingerprint density at radius 2 is 0.719 bits per heavy atom. The maximum atomic E-state index is 15.4. The quantitative estimate of drug-likeness (QED) is 0.0285. The fraction of sp³-hybridized carbons (Fsp3) is 0.0526. The molecular formula is C38H12BBrF20N2O2. The molecule has 1 aromatic heterocycles. The minimum atomic E-state index is -7.22. The Morgan fingerprint density at radius 1 is 0.438 bits per heavy atom. The molecule has 6 aromatic rings. The molecule has 26 heteroatoms. The van der Waals surface area contributed by atoms with Crippen LogP contribution >= 0.6 is 15.9 Å².